The van der Waals surface area contributed by atoms with E-state index in [1.807, 2.05) is 0 Å². The first-order chi connectivity index (χ1) is 7.45. The molecule has 3 rings (SSSR count). The summed E-state index contributed by atoms with van der Waals surface area (Å²) in [6.45, 7) is 3.19. The van der Waals surface area contributed by atoms with Crippen LogP contribution in [0.15, 0.2) is 18.2 Å². The highest BCUT2D eigenvalue weighted by Crippen LogP contribution is 2.34. The standard InChI is InChI=1S/C13H17NO/c1-4-11(10-3-2-7-14-9-10)12-6-8-15-13(12)5-1/h1,4-5,10,14H,2-3,6-9H2. The van der Waals surface area contributed by atoms with E-state index in [-0.39, 0.29) is 0 Å². The molecule has 1 atom stereocenters. The molecular weight excluding hydrogens is 186 g/mol. The fraction of sp³-hybridized carbons (Fsp3) is 0.538. The Labute approximate surface area is 90.6 Å². The molecule has 2 heteroatoms. The lowest BCUT2D eigenvalue weighted by atomic mass is 9.87. The summed E-state index contributed by atoms with van der Waals surface area (Å²) in [6, 6.07) is 6.52. The van der Waals surface area contributed by atoms with Crippen molar-refractivity contribution in [3.05, 3.63) is 29.3 Å². The van der Waals surface area contributed by atoms with E-state index in [0.29, 0.717) is 5.92 Å². The van der Waals surface area contributed by atoms with E-state index in [1.54, 1.807) is 0 Å². The van der Waals surface area contributed by atoms with E-state index < -0.39 is 0 Å². The molecule has 0 aromatic heterocycles. The van der Waals surface area contributed by atoms with Gasteiger partial charge in [-0.05, 0) is 36.9 Å². The first kappa shape index (κ1) is 9.22. The lowest BCUT2D eigenvalue weighted by Gasteiger charge is -2.24. The SMILES string of the molecule is c1cc2c(c(C3CCCNC3)c1)CCO2. The molecule has 1 aromatic rings. The minimum absolute atomic E-state index is 0.704. The predicted octanol–water partition coefficient (Wildman–Crippen LogP) is 2.09. The van der Waals surface area contributed by atoms with Gasteiger partial charge in [0.2, 0.25) is 0 Å². The summed E-state index contributed by atoms with van der Waals surface area (Å²) < 4.78 is 5.61. The number of fused-ring (bicyclic) bond motifs is 1. The molecular formula is C13H17NO. The molecule has 1 N–H and O–H groups in total. The number of nitrogens with one attached hydrogen (secondary N) is 1. The second kappa shape index (κ2) is 3.86. The molecule has 80 valence electrons. The third kappa shape index (κ3) is 1.63. The van der Waals surface area contributed by atoms with Gasteiger partial charge in [0, 0.05) is 18.5 Å². The van der Waals surface area contributed by atoms with Crippen LogP contribution in [0.2, 0.25) is 0 Å². The molecule has 0 aliphatic carbocycles. The molecule has 2 aliphatic rings. The maximum absolute atomic E-state index is 5.61. The van der Waals surface area contributed by atoms with Gasteiger partial charge in [-0.2, -0.15) is 0 Å². The molecule has 0 bridgehead atoms. The van der Waals surface area contributed by atoms with Crippen molar-refractivity contribution in [3.63, 3.8) is 0 Å². The Balaban J connectivity index is 1.93. The van der Waals surface area contributed by atoms with Crippen LogP contribution in [0.1, 0.15) is 29.9 Å². The minimum Gasteiger partial charge on any atom is -0.493 e. The van der Waals surface area contributed by atoms with Crippen molar-refractivity contribution in [2.24, 2.45) is 0 Å². The summed E-state index contributed by atoms with van der Waals surface area (Å²) in [6.07, 6.45) is 3.72. The van der Waals surface area contributed by atoms with Gasteiger partial charge in [0.25, 0.3) is 0 Å². The van der Waals surface area contributed by atoms with Gasteiger partial charge in [0.15, 0.2) is 0 Å². The van der Waals surface area contributed by atoms with Crippen molar-refractivity contribution in [1.29, 1.82) is 0 Å². The summed E-state index contributed by atoms with van der Waals surface area (Å²) in [7, 11) is 0. The molecule has 1 fully saturated rings. The van der Waals surface area contributed by atoms with E-state index in [0.717, 1.165) is 25.3 Å². The van der Waals surface area contributed by atoms with E-state index in [2.05, 4.69) is 23.5 Å². The van der Waals surface area contributed by atoms with Crippen molar-refractivity contribution < 1.29 is 4.74 Å². The molecule has 2 aliphatic heterocycles. The minimum atomic E-state index is 0.704. The third-order valence-electron chi connectivity index (χ3n) is 3.52. The fourth-order valence-corrected chi connectivity index (χ4v) is 2.75. The molecule has 1 aromatic carbocycles. The van der Waals surface area contributed by atoms with Crippen molar-refractivity contribution >= 4 is 0 Å². The number of ether oxygens (including phenoxy) is 1. The second-order valence-electron chi connectivity index (χ2n) is 4.47. The van der Waals surface area contributed by atoms with Crippen molar-refractivity contribution in [3.8, 4) is 5.75 Å². The van der Waals surface area contributed by atoms with Crippen LogP contribution < -0.4 is 10.1 Å². The Bertz CT molecular complexity index is 356. The fourth-order valence-electron chi connectivity index (χ4n) is 2.75. The van der Waals surface area contributed by atoms with Gasteiger partial charge >= 0.3 is 0 Å². The van der Waals surface area contributed by atoms with Crippen molar-refractivity contribution in [2.45, 2.75) is 25.2 Å². The van der Waals surface area contributed by atoms with Gasteiger partial charge in [-0.15, -0.1) is 0 Å². The van der Waals surface area contributed by atoms with Crippen LogP contribution in [0.3, 0.4) is 0 Å². The third-order valence-corrected chi connectivity index (χ3v) is 3.52. The Kier molecular flexibility index (Phi) is 2.37. The highest BCUT2D eigenvalue weighted by Gasteiger charge is 2.22. The lowest BCUT2D eigenvalue weighted by molar-refractivity contribution is 0.357. The molecule has 0 amide bonds. The van der Waals surface area contributed by atoms with Gasteiger partial charge in [0.05, 0.1) is 6.61 Å². The molecule has 15 heavy (non-hydrogen) atoms. The van der Waals surface area contributed by atoms with Crippen LogP contribution >= 0.6 is 0 Å². The normalized spacial score (nSPS) is 24.7. The summed E-state index contributed by atoms with van der Waals surface area (Å²) in [5.74, 6) is 1.83. The topological polar surface area (TPSA) is 21.3 Å². The second-order valence-corrected chi connectivity index (χ2v) is 4.47. The maximum Gasteiger partial charge on any atom is 0.122 e. The summed E-state index contributed by atoms with van der Waals surface area (Å²) in [5, 5.41) is 3.48. The van der Waals surface area contributed by atoms with Gasteiger partial charge in [-0.1, -0.05) is 12.1 Å². The average molecular weight is 203 g/mol. The Morgan fingerprint density at radius 1 is 1.33 bits per heavy atom. The molecule has 0 saturated carbocycles. The number of benzene rings is 1. The van der Waals surface area contributed by atoms with E-state index >= 15 is 0 Å². The van der Waals surface area contributed by atoms with E-state index in [4.69, 9.17) is 4.74 Å². The summed E-state index contributed by atoms with van der Waals surface area (Å²) >= 11 is 0. The number of hydrogen-bond acceptors (Lipinski definition) is 2. The first-order valence-corrected chi connectivity index (χ1v) is 5.90. The number of piperidine rings is 1. The van der Waals surface area contributed by atoms with Gasteiger partial charge < -0.3 is 10.1 Å². The van der Waals surface area contributed by atoms with Crippen LogP contribution in [0.25, 0.3) is 0 Å². The van der Waals surface area contributed by atoms with Crippen LogP contribution in [0.5, 0.6) is 5.75 Å². The van der Waals surface area contributed by atoms with Crippen LogP contribution in [0.4, 0.5) is 0 Å². The highest BCUT2D eigenvalue weighted by atomic mass is 16.5. The Morgan fingerprint density at radius 3 is 3.20 bits per heavy atom. The zero-order valence-corrected chi connectivity index (χ0v) is 8.96. The number of hydrogen-bond donors (Lipinski definition) is 1. The largest absolute Gasteiger partial charge is 0.493 e. The molecule has 0 spiro atoms. The van der Waals surface area contributed by atoms with Crippen LogP contribution in [-0.4, -0.2) is 19.7 Å². The van der Waals surface area contributed by atoms with Crippen molar-refractivity contribution in [2.75, 3.05) is 19.7 Å². The van der Waals surface area contributed by atoms with Gasteiger partial charge in [-0.3, -0.25) is 0 Å². The van der Waals surface area contributed by atoms with Crippen LogP contribution in [-0.2, 0) is 6.42 Å². The number of rotatable bonds is 1. The molecule has 2 heterocycles. The monoisotopic (exact) mass is 203 g/mol. The molecule has 1 saturated heterocycles. The van der Waals surface area contributed by atoms with E-state index in [9.17, 15) is 0 Å². The molecule has 1 unspecified atom stereocenters. The van der Waals surface area contributed by atoms with Crippen LogP contribution in [0, 0.1) is 0 Å². The molecule has 0 radical (unpaired) electrons. The quantitative estimate of drug-likeness (QED) is 0.754. The first-order valence-electron chi connectivity index (χ1n) is 5.90. The zero-order chi connectivity index (χ0) is 10.1. The predicted molar refractivity (Wildman–Crippen MR) is 60.5 cm³/mol. The maximum atomic E-state index is 5.61. The zero-order valence-electron chi connectivity index (χ0n) is 8.96. The smallest absolute Gasteiger partial charge is 0.122 e. The van der Waals surface area contributed by atoms with Crippen molar-refractivity contribution in [1.82, 2.24) is 5.32 Å². The molecule has 2 nitrogen and oxygen atoms in total. The van der Waals surface area contributed by atoms with Gasteiger partial charge in [0.1, 0.15) is 5.75 Å². The summed E-state index contributed by atoms with van der Waals surface area (Å²) in [5.41, 5.74) is 2.99. The Hall–Kier alpha value is -1.02. The lowest BCUT2D eigenvalue weighted by Crippen LogP contribution is -2.28. The average Bonchev–Trinajstić information content (AvgIpc) is 2.78. The summed E-state index contributed by atoms with van der Waals surface area (Å²) in [4.78, 5) is 0. The van der Waals surface area contributed by atoms with E-state index in [1.165, 1.54) is 30.5 Å². The van der Waals surface area contributed by atoms with Gasteiger partial charge in [-0.25, -0.2) is 0 Å². The highest BCUT2D eigenvalue weighted by molar-refractivity contribution is 5.44. The Morgan fingerprint density at radius 2 is 2.33 bits per heavy atom.